The lowest BCUT2D eigenvalue weighted by Gasteiger charge is -2.10. The van der Waals surface area contributed by atoms with Gasteiger partial charge in [-0.3, -0.25) is 4.79 Å². The third-order valence-electron chi connectivity index (χ3n) is 2.15. The van der Waals surface area contributed by atoms with E-state index in [1.807, 2.05) is 20.8 Å². The van der Waals surface area contributed by atoms with Gasteiger partial charge in [0.1, 0.15) is 5.01 Å². The molecule has 16 heavy (non-hydrogen) atoms. The van der Waals surface area contributed by atoms with Crippen molar-refractivity contribution in [3.05, 3.63) is 5.01 Å². The normalized spacial score (nSPS) is 12.4. The van der Waals surface area contributed by atoms with Crippen molar-refractivity contribution in [3.8, 4) is 0 Å². The smallest absolute Gasteiger partial charge is 0.230 e. The van der Waals surface area contributed by atoms with Gasteiger partial charge in [0.05, 0.1) is 0 Å². The fourth-order valence-corrected chi connectivity index (χ4v) is 1.81. The van der Waals surface area contributed by atoms with Gasteiger partial charge in [-0.1, -0.05) is 32.1 Å². The molecule has 1 aromatic heterocycles. The van der Waals surface area contributed by atoms with Crippen molar-refractivity contribution in [2.45, 2.75) is 27.2 Å². The number of nitrogens with zero attached hydrogens (tertiary/aromatic N) is 2. The summed E-state index contributed by atoms with van der Waals surface area (Å²) in [5, 5.41) is 15.3. The molecule has 0 aromatic carbocycles. The highest BCUT2D eigenvalue weighted by Crippen LogP contribution is 2.15. The molecule has 0 aliphatic carbocycles. The van der Waals surface area contributed by atoms with Crippen LogP contribution < -0.4 is 10.6 Å². The van der Waals surface area contributed by atoms with Crippen LogP contribution in [0.25, 0.3) is 0 Å². The van der Waals surface area contributed by atoms with Gasteiger partial charge in [-0.2, -0.15) is 0 Å². The Kier molecular flexibility index (Phi) is 5.34. The molecule has 1 atom stereocenters. The standard InChI is InChI=1S/C10H18N4OS/c1-4-8-13-14-10(16-8)12-9(15)7(3)6-11-5-2/h7,11H,4-6H2,1-3H3,(H,12,14,15). The molecular weight excluding hydrogens is 224 g/mol. The van der Waals surface area contributed by atoms with E-state index in [-0.39, 0.29) is 11.8 Å². The zero-order chi connectivity index (χ0) is 12.0. The molecule has 0 radical (unpaired) electrons. The Labute approximate surface area is 99.7 Å². The van der Waals surface area contributed by atoms with E-state index in [1.54, 1.807) is 0 Å². The van der Waals surface area contributed by atoms with E-state index < -0.39 is 0 Å². The molecular formula is C10H18N4OS. The SMILES string of the molecule is CCNCC(C)C(=O)Nc1nnc(CC)s1. The summed E-state index contributed by atoms with van der Waals surface area (Å²) < 4.78 is 0. The van der Waals surface area contributed by atoms with Gasteiger partial charge in [-0.25, -0.2) is 0 Å². The van der Waals surface area contributed by atoms with Gasteiger partial charge >= 0.3 is 0 Å². The highest BCUT2D eigenvalue weighted by atomic mass is 32.1. The Hall–Kier alpha value is -1.01. The fourth-order valence-electron chi connectivity index (χ4n) is 1.13. The molecule has 0 saturated heterocycles. The highest BCUT2D eigenvalue weighted by Gasteiger charge is 2.14. The first kappa shape index (κ1) is 13.1. The number of carbonyl (C=O) groups is 1. The minimum Gasteiger partial charge on any atom is -0.316 e. The van der Waals surface area contributed by atoms with E-state index in [0.717, 1.165) is 18.0 Å². The predicted molar refractivity (Wildman–Crippen MR) is 65.6 cm³/mol. The molecule has 1 rings (SSSR count). The van der Waals surface area contributed by atoms with Gasteiger partial charge in [0, 0.05) is 12.5 Å². The summed E-state index contributed by atoms with van der Waals surface area (Å²) in [7, 11) is 0. The molecule has 0 saturated carbocycles. The molecule has 2 N–H and O–H groups in total. The van der Waals surface area contributed by atoms with Crippen LogP contribution in [0.3, 0.4) is 0 Å². The lowest BCUT2D eigenvalue weighted by Crippen LogP contribution is -2.30. The molecule has 5 nitrogen and oxygen atoms in total. The number of hydrogen-bond donors (Lipinski definition) is 2. The van der Waals surface area contributed by atoms with Gasteiger partial charge in [0.25, 0.3) is 0 Å². The van der Waals surface area contributed by atoms with E-state index in [1.165, 1.54) is 11.3 Å². The van der Waals surface area contributed by atoms with E-state index >= 15 is 0 Å². The third-order valence-corrected chi connectivity index (χ3v) is 3.13. The van der Waals surface area contributed by atoms with Crippen LogP contribution in [0.1, 0.15) is 25.8 Å². The van der Waals surface area contributed by atoms with Gasteiger partial charge < -0.3 is 10.6 Å². The Bertz CT molecular complexity index is 339. The predicted octanol–water partition coefficient (Wildman–Crippen LogP) is 1.28. The Balaban J connectivity index is 2.44. The average Bonchev–Trinajstić information content (AvgIpc) is 2.73. The number of amides is 1. The van der Waals surface area contributed by atoms with Crippen LogP contribution in [0.15, 0.2) is 0 Å². The van der Waals surface area contributed by atoms with Crippen molar-refractivity contribution in [3.63, 3.8) is 0 Å². The average molecular weight is 242 g/mol. The van der Waals surface area contributed by atoms with Crippen LogP contribution in [0.4, 0.5) is 5.13 Å². The largest absolute Gasteiger partial charge is 0.316 e. The number of rotatable bonds is 6. The lowest BCUT2D eigenvalue weighted by atomic mass is 10.1. The fraction of sp³-hybridized carbons (Fsp3) is 0.700. The van der Waals surface area contributed by atoms with Gasteiger partial charge in [0.15, 0.2) is 0 Å². The molecule has 0 aliphatic heterocycles. The van der Waals surface area contributed by atoms with E-state index in [4.69, 9.17) is 0 Å². The third kappa shape index (κ3) is 3.86. The number of anilines is 1. The number of hydrogen-bond acceptors (Lipinski definition) is 5. The number of nitrogens with one attached hydrogen (secondary N) is 2. The molecule has 90 valence electrons. The zero-order valence-electron chi connectivity index (χ0n) is 9.91. The summed E-state index contributed by atoms with van der Waals surface area (Å²) in [5.74, 6) is -0.0753. The first-order valence-electron chi connectivity index (χ1n) is 5.51. The van der Waals surface area contributed by atoms with Crippen molar-refractivity contribution in [2.75, 3.05) is 18.4 Å². The number of aryl methyl sites for hydroxylation is 1. The summed E-state index contributed by atoms with van der Waals surface area (Å²) >= 11 is 1.43. The Morgan fingerprint density at radius 3 is 2.75 bits per heavy atom. The van der Waals surface area contributed by atoms with Gasteiger partial charge in [0.2, 0.25) is 11.0 Å². The van der Waals surface area contributed by atoms with Crippen molar-refractivity contribution in [2.24, 2.45) is 5.92 Å². The molecule has 6 heteroatoms. The molecule has 0 fully saturated rings. The quantitative estimate of drug-likeness (QED) is 0.788. The molecule has 0 bridgehead atoms. The lowest BCUT2D eigenvalue weighted by molar-refractivity contribution is -0.119. The van der Waals surface area contributed by atoms with E-state index in [2.05, 4.69) is 20.8 Å². The first-order valence-corrected chi connectivity index (χ1v) is 6.33. The Morgan fingerprint density at radius 1 is 1.44 bits per heavy atom. The van der Waals surface area contributed by atoms with Gasteiger partial charge in [-0.15, -0.1) is 10.2 Å². The molecule has 0 spiro atoms. The second-order valence-corrected chi connectivity index (χ2v) is 4.61. The number of carbonyl (C=O) groups excluding carboxylic acids is 1. The van der Waals surface area contributed by atoms with Crippen molar-refractivity contribution in [1.29, 1.82) is 0 Å². The van der Waals surface area contributed by atoms with E-state index in [0.29, 0.717) is 11.7 Å². The summed E-state index contributed by atoms with van der Waals surface area (Å²) in [4.78, 5) is 11.7. The number of aromatic nitrogens is 2. The molecule has 1 heterocycles. The maximum Gasteiger partial charge on any atom is 0.230 e. The molecule has 1 amide bonds. The van der Waals surface area contributed by atoms with E-state index in [9.17, 15) is 4.79 Å². The van der Waals surface area contributed by atoms with Crippen LogP contribution in [0, 0.1) is 5.92 Å². The first-order chi connectivity index (χ1) is 7.67. The zero-order valence-corrected chi connectivity index (χ0v) is 10.7. The van der Waals surface area contributed by atoms with Crippen LogP contribution in [0.2, 0.25) is 0 Å². The second-order valence-electron chi connectivity index (χ2n) is 3.55. The van der Waals surface area contributed by atoms with Crippen LogP contribution in [-0.2, 0) is 11.2 Å². The maximum atomic E-state index is 11.7. The summed E-state index contributed by atoms with van der Waals surface area (Å²) in [6, 6.07) is 0. The minimum atomic E-state index is -0.0612. The maximum absolute atomic E-state index is 11.7. The van der Waals surface area contributed by atoms with Crippen LogP contribution >= 0.6 is 11.3 Å². The van der Waals surface area contributed by atoms with Crippen LogP contribution in [0.5, 0.6) is 0 Å². The summed E-state index contributed by atoms with van der Waals surface area (Å²) in [6.45, 7) is 7.47. The monoisotopic (exact) mass is 242 g/mol. The molecule has 0 aliphatic rings. The second kappa shape index (κ2) is 6.55. The summed E-state index contributed by atoms with van der Waals surface area (Å²) in [6.07, 6.45) is 0.848. The molecule has 1 aromatic rings. The van der Waals surface area contributed by atoms with Crippen molar-refractivity contribution >= 4 is 22.4 Å². The molecule has 1 unspecified atom stereocenters. The summed E-state index contributed by atoms with van der Waals surface area (Å²) in [5.41, 5.74) is 0. The van der Waals surface area contributed by atoms with Crippen molar-refractivity contribution in [1.82, 2.24) is 15.5 Å². The topological polar surface area (TPSA) is 66.9 Å². The van der Waals surface area contributed by atoms with Gasteiger partial charge in [-0.05, 0) is 13.0 Å². The minimum absolute atomic E-state index is 0.0141. The highest BCUT2D eigenvalue weighted by molar-refractivity contribution is 7.15. The van der Waals surface area contributed by atoms with Crippen LogP contribution in [-0.4, -0.2) is 29.2 Å². The Morgan fingerprint density at radius 2 is 2.19 bits per heavy atom. The van der Waals surface area contributed by atoms with Crippen molar-refractivity contribution < 1.29 is 4.79 Å².